The Balaban J connectivity index is 1.34. The maximum atomic E-state index is 2.54. The molecule has 58 heavy (non-hydrogen) atoms. The number of fused-ring (bicyclic) bond motifs is 4. The largest absolute Gasteiger partial charge is 0.309 e. The quantitative estimate of drug-likeness (QED) is 0.158. The smallest absolute Gasteiger partial charge is 0.0562 e. The normalized spacial score (nSPS) is 11.7. The number of hydrogen-bond acceptors (Lipinski definition) is 1. The van der Waals surface area contributed by atoms with E-state index in [-0.39, 0.29) is 5.41 Å². The second-order valence-electron chi connectivity index (χ2n) is 16.1. The Morgan fingerprint density at radius 3 is 1.64 bits per heavy atom. The van der Waals surface area contributed by atoms with Crippen LogP contribution in [0.15, 0.2) is 212 Å². The molecule has 0 atom stereocenters. The van der Waals surface area contributed by atoms with Crippen molar-refractivity contribution in [3.8, 4) is 39.1 Å². The molecule has 0 saturated carbocycles. The summed E-state index contributed by atoms with van der Waals surface area (Å²) in [5.41, 5.74) is 15.3. The van der Waals surface area contributed by atoms with E-state index in [1.807, 2.05) is 0 Å². The fraction of sp³-hybridized carbons (Fsp3) is 0.0714. The van der Waals surface area contributed by atoms with Gasteiger partial charge in [-0.2, -0.15) is 0 Å². The van der Waals surface area contributed by atoms with Crippen LogP contribution < -0.4 is 4.90 Å². The van der Waals surface area contributed by atoms with Gasteiger partial charge in [-0.1, -0.05) is 185 Å². The van der Waals surface area contributed by atoms with Crippen molar-refractivity contribution < 1.29 is 0 Å². The number of aromatic nitrogens is 1. The van der Waals surface area contributed by atoms with Gasteiger partial charge in [0.1, 0.15) is 0 Å². The zero-order valence-corrected chi connectivity index (χ0v) is 33.1. The van der Waals surface area contributed by atoms with Crippen molar-refractivity contribution in [3.05, 3.63) is 218 Å². The molecule has 0 spiro atoms. The fourth-order valence-corrected chi connectivity index (χ4v) is 8.80. The molecule has 0 fully saturated rings. The van der Waals surface area contributed by atoms with Crippen molar-refractivity contribution in [1.82, 2.24) is 4.57 Å². The highest BCUT2D eigenvalue weighted by molar-refractivity contribution is 6.18. The zero-order chi connectivity index (χ0) is 39.2. The lowest BCUT2D eigenvalue weighted by atomic mass is 9.84. The van der Waals surface area contributed by atoms with Crippen LogP contribution in [0.1, 0.15) is 26.3 Å². The van der Waals surface area contributed by atoms with Gasteiger partial charge in [0.05, 0.1) is 28.1 Å². The Labute approximate surface area is 340 Å². The van der Waals surface area contributed by atoms with Gasteiger partial charge in [0, 0.05) is 27.6 Å². The molecule has 1 aromatic heterocycles. The molecule has 0 aliphatic carbocycles. The number of rotatable bonds is 7. The van der Waals surface area contributed by atoms with Crippen molar-refractivity contribution >= 4 is 49.6 Å². The van der Waals surface area contributed by atoms with Crippen molar-refractivity contribution in [2.75, 3.05) is 4.90 Å². The van der Waals surface area contributed by atoms with Gasteiger partial charge in [0.25, 0.3) is 0 Å². The Bertz CT molecular complexity index is 3070. The van der Waals surface area contributed by atoms with E-state index in [1.54, 1.807) is 0 Å². The molecule has 0 unspecified atom stereocenters. The Morgan fingerprint density at radius 2 is 0.914 bits per heavy atom. The van der Waals surface area contributed by atoms with Crippen LogP contribution >= 0.6 is 0 Å². The highest BCUT2D eigenvalue weighted by atomic mass is 15.2. The third-order valence-corrected chi connectivity index (χ3v) is 11.5. The number of hydrogen-bond donors (Lipinski definition) is 0. The minimum Gasteiger partial charge on any atom is -0.309 e. The van der Waals surface area contributed by atoms with Gasteiger partial charge in [-0.05, 0) is 92.5 Å². The van der Waals surface area contributed by atoms with Crippen molar-refractivity contribution in [3.63, 3.8) is 0 Å². The number of para-hydroxylation sites is 3. The first-order valence-electron chi connectivity index (χ1n) is 20.2. The predicted molar refractivity (Wildman–Crippen MR) is 248 cm³/mol. The van der Waals surface area contributed by atoms with E-state index >= 15 is 0 Å². The lowest BCUT2D eigenvalue weighted by Gasteiger charge is -2.32. The Kier molecular flexibility index (Phi) is 8.76. The molecule has 10 aromatic rings. The van der Waals surface area contributed by atoms with Crippen LogP contribution in [0, 0.1) is 0 Å². The zero-order valence-electron chi connectivity index (χ0n) is 33.1. The van der Waals surface area contributed by atoms with E-state index < -0.39 is 0 Å². The maximum absolute atomic E-state index is 2.54. The average Bonchev–Trinajstić information content (AvgIpc) is 3.62. The first-order chi connectivity index (χ1) is 28.5. The molecule has 0 aliphatic heterocycles. The van der Waals surface area contributed by atoms with E-state index in [9.17, 15) is 0 Å². The molecule has 0 saturated heterocycles. The molecular formula is C56H44N2. The SMILES string of the molecule is CC(C)(C)c1ccc(N(c2ccccc2-c2cccc3cccc(-c4ccccc4)c23)c2cccc3c2c2ccccc2n3-c2ccccc2)c(-c2ccccc2)c1. The Morgan fingerprint density at radius 1 is 0.379 bits per heavy atom. The number of anilines is 3. The summed E-state index contributed by atoms with van der Waals surface area (Å²) < 4.78 is 2.41. The second-order valence-corrected chi connectivity index (χ2v) is 16.1. The molecule has 10 rings (SSSR count). The standard InChI is InChI=1S/C56H44N2/c1-56(2,3)42-36-37-51(48(38-42)40-22-9-5-10-23-40)58(53-35-19-34-52-55(53)47-29-14-16-33-50(47)57(52)43-26-11-6-12-27-43)49-32-15-13-28-45(49)46-31-18-25-41-24-17-30-44(54(41)46)39-20-7-4-8-21-39/h4-38H,1-3H3. The van der Waals surface area contributed by atoms with Crippen LogP contribution in [0.25, 0.3) is 71.6 Å². The summed E-state index contributed by atoms with van der Waals surface area (Å²) in [6.45, 7) is 6.90. The molecule has 0 N–H and O–H groups in total. The van der Waals surface area contributed by atoms with Crippen molar-refractivity contribution in [2.24, 2.45) is 0 Å². The third-order valence-electron chi connectivity index (χ3n) is 11.5. The molecule has 2 heteroatoms. The first kappa shape index (κ1) is 35.3. The third kappa shape index (κ3) is 6.06. The Hall–Kier alpha value is -7.16. The summed E-state index contributed by atoms with van der Waals surface area (Å²) in [6.07, 6.45) is 0. The minimum absolute atomic E-state index is 0.0370. The van der Waals surface area contributed by atoms with Crippen molar-refractivity contribution in [2.45, 2.75) is 26.2 Å². The minimum atomic E-state index is -0.0370. The van der Waals surface area contributed by atoms with Crippen molar-refractivity contribution in [1.29, 1.82) is 0 Å². The predicted octanol–water partition coefficient (Wildman–Crippen LogP) is 15.7. The summed E-state index contributed by atoms with van der Waals surface area (Å²) in [7, 11) is 0. The first-order valence-corrected chi connectivity index (χ1v) is 20.2. The van der Waals surface area contributed by atoms with Gasteiger partial charge >= 0.3 is 0 Å². The van der Waals surface area contributed by atoms with E-state index in [1.165, 1.54) is 66.0 Å². The summed E-state index contributed by atoms with van der Waals surface area (Å²) in [5.74, 6) is 0. The monoisotopic (exact) mass is 744 g/mol. The van der Waals surface area contributed by atoms with Gasteiger partial charge in [-0.3, -0.25) is 0 Å². The van der Waals surface area contributed by atoms with Crippen LogP contribution in [0.5, 0.6) is 0 Å². The van der Waals surface area contributed by atoms with Gasteiger partial charge in [-0.25, -0.2) is 0 Å². The topological polar surface area (TPSA) is 8.17 Å². The highest BCUT2D eigenvalue weighted by Gasteiger charge is 2.27. The molecule has 1 heterocycles. The van der Waals surface area contributed by atoms with Gasteiger partial charge < -0.3 is 9.47 Å². The highest BCUT2D eigenvalue weighted by Crippen LogP contribution is 2.50. The fourth-order valence-electron chi connectivity index (χ4n) is 8.80. The second kappa shape index (κ2) is 14.4. The average molecular weight is 745 g/mol. The summed E-state index contributed by atoms with van der Waals surface area (Å²) in [5, 5.41) is 4.88. The molecular weight excluding hydrogens is 701 g/mol. The van der Waals surface area contributed by atoms with Gasteiger partial charge in [0.2, 0.25) is 0 Å². The lowest BCUT2D eigenvalue weighted by Crippen LogP contribution is -2.15. The van der Waals surface area contributed by atoms with Gasteiger partial charge in [0.15, 0.2) is 0 Å². The van der Waals surface area contributed by atoms with Crippen LogP contribution in [0.2, 0.25) is 0 Å². The number of benzene rings is 9. The van der Waals surface area contributed by atoms with Crippen LogP contribution in [-0.4, -0.2) is 4.57 Å². The van der Waals surface area contributed by atoms with E-state index in [2.05, 4.69) is 243 Å². The molecule has 9 aromatic carbocycles. The van der Waals surface area contributed by atoms with Crippen LogP contribution in [-0.2, 0) is 5.41 Å². The number of nitrogens with zero attached hydrogens (tertiary/aromatic N) is 2. The molecule has 278 valence electrons. The van der Waals surface area contributed by atoms with E-state index in [0.717, 1.165) is 28.3 Å². The maximum Gasteiger partial charge on any atom is 0.0562 e. The van der Waals surface area contributed by atoms with Gasteiger partial charge in [-0.15, -0.1) is 0 Å². The lowest BCUT2D eigenvalue weighted by molar-refractivity contribution is 0.590. The van der Waals surface area contributed by atoms with Crippen LogP contribution in [0.4, 0.5) is 17.1 Å². The summed E-state index contributed by atoms with van der Waals surface area (Å²) in [6, 6.07) is 77.6. The van der Waals surface area contributed by atoms with E-state index in [0.29, 0.717) is 0 Å². The molecule has 0 bridgehead atoms. The molecule has 0 aliphatic rings. The van der Waals surface area contributed by atoms with E-state index in [4.69, 9.17) is 0 Å². The molecule has 0 amide bonds. The summed E-state index contributed by atoms with van der Waals surface area (Å²) in [4.78, 5) is 2.54. The molecule has 2 nitrogen and oxygen atoms in total. The van der Waals surface area contributed by atoms with Crippen LogP contribution in [0.3, 0.4) is 0 Å². The summed E-state index contributed by atoms with van der Waals surface area (Å²) >= 11 is 0. The molecule has 0 radical (unpaired) electrons.